The van der Waals surface area contributed by atoms with E-state index in [0.29, 0.717) is 24.3 Å². The van der Waals surface area contributed by atoms with Crippen LogP contribution in [-0.4, -0.2) is 11.9 Å². The van der Waals surface area contributed by atoms with Gasteiger partial charge in [0.25, 0.3) is 0 Å². The van der Waals surface area contributed by atoms with Gasteiger partial charge in [-0.15, -0.1) is 0 Å². The van der Waals surface area contributed by atoms with Crippen LogP contribution in [-0.2, 0) is 22.4 Å². The van der Waals surface area contributed by atoms with E-state index in [1.54, 1.807) is 24.3 Å². The normalized spacial score (nSPS) is 10.3. The summed E-state index contributed by atoms with van der Waals surface area (Å²) in [6.45, 7) is 0. The summed E-state index contributed by atoms with van der Waals surface area (Å²) < 4.78 is 10.7. The van der Waals surface area contributed by atoms with Crippen molar-refractivity contribution in [3.63, 3.8) is 0 Å². The molecule has 0 aromatic heterocycles. The first-order chi connectivity index (χ1) is 13.7. The summed E-state index contributed by atoms with van der Waals surface area (Å²) in [4.78, 5) is 24.1. The van der Waals surface area contributed by atoms with Crippen LogP contribution in [0.3, 0.4) is 0 Å². The van der Waals surface area contributed by atoms with Crippen LogP contribution in [0.2, 0.25) is 0 Å². The van der Waals surface area contributed by atoms with Gasteiger partial charge in [0.1, 0.15) is 11.5 Å². The summed E-state index contributed by atoms with van der Waals surface area (Å²) >= 11 is 0. The van der Waals surface area contributed by atoms with Gasteiger partial charge in [-0.05, 0) is 36.1 Å². The van der Waals surface area contributed by atoms with Crippen LogP contribution in [0.15, 0.2) is 84.9 Å². The zero-order chi connectivity index (χ0) is 19.6. The second-order valence-electron chi connectivity index (χ2n) is 6.39. The molecule has 3 rings (SSSR count). The SMILES string of the molecule is O=C(CCc1ccccc1)Oc1cccc(OC(=O)CCc2ccccc2)c1. The molecule has 0 saturated carbocycles. The van der Waals surface area contributed by atoms with Gasteiger partial charge in [0.15, 0.2) is 0 Å². The number of rotatable bonds is 8. The zero-order valence-electron chi connectivity index (χ0n) is 15.5. The quantitative estimate of drug-likeness (QED) is 0.421. The summed E-state index contributed by atoms with van der Waals surface area (Å²) in [5, 5.41) is 0. The van der Waals surface area contributed by atoms with Gasteiger partial charge in [-0.25, -0.2) is 0 Å². The van der Waals surface area contributed by atoms with Crippen LogP contribution in [0.25, 0.3) is 0 Å². The van der Waals surface area contributed by atoms with E-state index in [1.807, 2.05) is 60.7 Å². The Kier molecular flexibility index (Phi) is 6.96. The molecule has 0 aliphatic carbocycles. The molecule has 28 heavy (non-hydrogen) atoms. The standard InChI is InChI=1S/C24H22O4/c25-23(16-14-19-8-3-1-4-9-19)27-21-12-7-13-22(18-21)28-24(26)17-15-20-10-5-2-6-11-20/h1-13,18H,14-17H2. The van der Waals surface area contributed by atoms with Gasteiger partial charge in [0, 0.05) is 18.9 Å². The molecule has 0 spiro atoms. The fourth-order valence-electron chi connectivity index (χ4n) is 2.75. The molecule has 0 N–H and O–H groups in total. The minimum Gasteiger partial charge on any atom is -0.426 e. The third-order valence-corrected chi connectivity index (χ3v) is 4.19. The van der Waals surface area contributed by atoms with E-state index in [2.05, 4.69) is 0 Å². The lowest BCUT2D eigenvalue weighted by Gasteiger charge is -2.08. The highest BCUT2D eigenvalue weighted by molar-refractivity contribution is 5.74. The van der Waals surface area contributed by atoms with Crippen molar-refractivity contribution in [2.24, 2.45) is 0 Å². The molecule has 0 radical (unpaired) electrons. The molecule has 4 nitrogen and oxygen atoms in total. The van der Waals surface area contributed by atoms with Crippen LogP contribution in [0.5, 0.6) is 11.5 Å². The van der Waals surface area contributed by atoms with Crippen LogP contribution in [0, 0.1) is 0 Å². The first-order valence-corrected chi connectivity index (χ1v) is 9.28. The van der Waals surface area contributed by atoms with Crippen molar-refractivity contribution in [3.8, 4) is 11.5 Å². The van der Waals surface area contributed by atoms with E-state index in [9.17, 15) is 9.59 Å². The molecule has 0 bridgehead atoms. The van der Waals surface area contributed by atoms with Gasteiger partial charge in [0.2, 0.25) is 0 Å². The molecule has 0 fully saturated rings. The maximum Gasteiger partial charge on any atom is 0.311 e. The molecule has 3 aromatic rings. The van der Waals surface area contributed by atoms with Crippen LogP contribution < -0.4 is 9.47 Å². The fourth-order valence-corrected chi connectivity index (χ4v) is 2.75. The van der Waals surface area contributed by atoms with Gasteiger partial charge < -0.3 is 9.47 Å². The first kappa shape index (κ1) is 19.4. The molecule has 4 heteroatoms. The molecular formula is C24H22O4. The van der Waals surface area contributed by atoms with E-state index in [4.69, 9.17) is 9.47 Å². The van der Waals surface area contributed by atoms with Crippen molar-refractivity contribution >= 4 is 11.9 Å². The molecule has 0 aliphatic rings. The number of hydrogen-bond donors (Lipinski definition) is 0. The van der Waals surface area contributed by atoms with Gasteiger partial charge in [-0.3, -0.25) is 9.59 Å². The predicted octanol–water partition coefficient (Wildman–Crippen LogP) is 4.76. The van der Waals surface area contributed by atoms with E-state index in [-0.39, 0.29) is 24.8 Å². The minimum absolute atomic E-state index is 0.283. The second kappa shape index (κ2) is 10.1. The van der Waals surface area contributed by atoms with Crippen LogP contribution >= 0.6 is 0 Å². The number of benzene rings is 3. The summed E-state index contributed by atoms with van der Waals surface area (Å²) in [6, 6.07) is 26.1. The summed E-state index contributed by atoms with van der Waals surface area (Å²) in [7, 11) is 0. The zero-order valence-corrected chi connectivity index (χ0v) is 15.5. The maximum atomic E-state index is 12.0. The summed E-state index contributed by atoms with van der Waals surface area (Å²) in [6.07, 6.45) is 1.80. The Balaban J connectivity index is 1.47. The molecule has 0 aliphatic heterocycles. The third kappa shape index (κ3) is 6.40. The lowest BCUT2D eigenvalue weighted by Crippen LogP contribution is -2.11. The number of esters is 2. The van der Waals surface area contributed by atoms with Crippen molar-refractivity contribution < 1.29 is 19.1 Å². The Hall–Kier alpha value is -3.40. The molecule has 0 heterocycles. The summed E-state index contributed by atoms with van der Waals surface area (Å²) in [5.41, 5.74) is 2.17. The predicted molar refractivity (Wildman–Crippen MR) is 107 cm³/mol. The summed E-state index contributed by atoms with van der Waals surface area (Å²) in [5.74, 6) is 0.0886. The second-order valence-corrected chi connectivity index (χ2v) is 6.39. The fraction of sp³-hybridized carbons (Fsp3) is 0.167. The average molecular weight is 374 g/mol. The molecule has 0 saturated heterocycles. The van der Waals surface area contributed by atoms with Crippen molar-refractivity contribution in [2.45, 2.75) is 25.7 Å². The Morgan fingerprint density at radius 1 is 0.571 bits per heavy atom. The highest BCUT2D eigenvalue weighted by atomic mass is 16.5. The molecule has 0 amide bonds. The highest BCUT2D eigenvalue weighted by Gasteiger charge is 2.09. The number of ether oxygens (including phenoxy) is 2. The van der Waals surface area contributed by atoms with Gasteiger partial charge in [-0.2, -0.15) is 0 Å². The Labute approximate surface area is 164 Å². The number of hydrogen-bond acceptors (Lipinski definition) is 4. The Bertz CT molecular complexity index is 831. The van der Waals surface area contributed by atoms with E-state index in [0.717, 1.165) is 11.1 Å². The number of aryl methyl sites for hydroxylation is 2. The lowest BCUT2D eigenvalue weighted by atomic mass is 10.1. The van der Waals surface area contributed by atoms with Crippen molar-refractivity contribution in [2.75, 3.05) is 0 Å². The van der Waals surface area contributed by atoms with E-state index in [1.165, 1.54) is 0 Å². The molecule has 0 atom stereocenters. The van der Waals surface area contributed by atoms with Crippen molar-refractivity contribution in [1.29, 1.82) is 0 Å². The number of carbonyl (C=O) groups is 2. The van der Waals surface area contributed by atoms with Crippen LogP contribution in [0.1, 0.15) is 24.0 Å². The maximum absolute atomic E-state index is 12.0. The topological polar surface area (TPSA) is 52.6 Å². The van der Waals surface area contributed by atoms with Gasteiger partial charge in [0.05, 0.1) is 0 Å². The highest BCUT2D eigenvalue weighted by Crippen LogP contribution is 2.21. The largest absolute Gasteiger partial charge is 0.426 e. The molecule has 3 aromatic carbocycles. The molecular weight excluding hydrogens is 352 g/mol. The molecule has 0 unspecified atom stereocenters. The van der Waals surface area contributed by atoms with E-state index >= 15 is 0 Å². The average Bonchev–Trinajstić information content (AvgIpc) is 2.72. The van der Waals surface area contributed by atoms with Crippen molar-refractivity contribution in [1.82, 2.24) is 0 Å². The van der Waals surface area contributed by atoms with Gasteiger partial charge >= 0.3 is 11.9 Å². The third-order valence-electron chi connectivity index (χ3n) is 4.19. The monoisotopic (exact) mass is 374 g/mol. The molecule has 142 valence electrons. The van der Waals surface area contributed by atoms with Crippen molar-refractivity contribution in [3.05, 3.63) is 96.1 Å². The smallest absolute Gasteiger partial charge is 0.311 e. The van der Waals surface area contributed by atoms with Crippen LogP contribution in [0.4, 0.5) is 0 Å². The minimum atomic E-state index is -0.323. The lowest BCUT2D eigenvalue weighted by molar-refractivity contribution is -0.134. The Morgan fingerprint density at radius 3 is 1.43 bits per heavy atom. The Morgan fingerprint density at radius 2 is 1.00 bits per heavy atom. The number of carbonyl (C=O) groups excluding carboxylic acids is 2. The van der Waals surface area contributed by atoms with E-state index < -0.39 is 0 Å². The first-order valence-electron chi connectivity index (χ1n) is 9.28. The van der Waals surface area contributed by atoms with Gasteiger partial charge in [-0.1, -0.05) is 66.7 Å².